The quantitative estimate of drug-likeness (QED) is 0.807. The largest absolute Gasteiger partial charge is 0.481 e. The van der Waals surface area contributed by atoms with E-state index in [4.69, 9.17) is 10.8 Å². The van der Waals surface area contributed by atoms with E-state index in [1.54, 1.807) is 0 Å². The molecule has 3 N–H and O–H groups in total. The first-order valence-electron chi connectivity index (χ1n) is 4.57. The monoisotopic (exact) mass is 251 g/mol. The van der Waals surface area contributed by atoms with Gasteiger partial charge >= 0.3 is 5.97 Å². The third-order valence-electron chi connectivity index (χ3n) is 2.12. The Kier molecular flexibility index (Phi) is 4.06. The Hall–Kier alpha value is -1.63. The first kappa shape index (κ1) is 13.4. The number of aliphatic carboxylic acids is 1. The first-order chi connectivity index (χ1) is 7.82. The number of carbonyl (C=O) groups is 1. The Morgan fingerprint density at radius 2 is 1.94 bits per heavy atom. The summed E-state index contributed by atoms with van der Waals surface area (Å²) in [6.45, 7) is 0. The van der Waals surface area contributed by atoms with Crippen LogP contribution in [0.25, 0.3) is 0 Å². The van der Waals surface area contributed by atoms with E-state index in [2.05, 4.69) is 0 Å². The minimum Gasteiger partial charge on any atom is -0.481 e. The fourth-order valence-corrected chi connectivity index (χ4v) is 1.33. The molecular formula is C10H9F4NO2. The van der Waals surface area contributed by atoms with Gasteiger partial charge in [0.2, 0.25) is 0 Å². The van der Waals surface area contributed by atoms with Crippen LogP contribution in [0.2, 0.25) is 0 Å². The number of carboxylic acid groups (broad SMARTS) is 1. The summed E-state index contributed by atoms with van der Waals surface area (Å²) in [7, 11) is 0. The standard InChI is InChI=1S/C10H9F4NO2/c11-6-2-4(10(13)14)1-5(9(6)12)7(15)3-8(16)17/h1-2,7,10H,3,15H2,(H,16,17). The molecule has 0 aromatic heterocycles. The van der Waals surface area contributed by atoms with Crippen LogP contribution >= 0.6 is 0 Å². The molecule has 1 rings (SSSR count). The van der Waals surface area contributed by atoms with Crippen LogP contribution in [0.1, 0.15) is 30.0 Å². The number of hydrogen-bond acceptors (Lipinski definition) is 2. The number of carboxylic acids is 1. The van der Waals surface area contributed by atoms with E-state index in [9.17, 15) is 22.4 Å². The highest BCUT2D eigenvalue weighted by atomic mass is 19.3. The summed E-state index contributed by atoms with van der Waals surface area (Å²) in [6.07, 6.45) is -3.66. The van der Waals surface area contributed by atoms with Crippen LogP contribution in [0.3, 0.4) is 0 Å². The third-order valence-corrected chi connectivity index (χ3v) is 2.12. The lowest BCUT2D eigenvalue weighted by atomic mass is 10.0. The van der Waals surface area contributed by atoms with Gasteiger partial charge in [0, 0.05) is 17.2 Å². The van der Waals surface area contributed by atoms with Crippen molar-refractivity contribution in [2.45, 2.75) is 18.9 Å². The normalized spacial score (nSPS) is 12.8. The van der Waals surface area contributed by atoms with E-state index in [0.717, 1.165) is 0 Å². The molecule has 1 aromatic rings. The molecule has 0 radical (unpaired) electrons. The molecule has 7 heteroatoms. The zero-order valence-electron chi connectivity index (χ0n) is 8.46. The van der Waals surface area contributed by atoms with Gasteiger partial charge in [0.15, 0.2) is 11.6 Å². The average Bonchev–Trinajstić information content (AvgIpc) is 2.20. The van der Waals surface area contributed by atoms with Crippen LogP contribution in [-0.2, 0) is 4.79 Å². The summed E-state index contributed by atoms with van der Waals surface area (Å²) in [5, 5.41) is 8.44. The van der Waals surface area contributed by atoms with Gasteiger partial charge in [-0.1, -0.05) is 0 Å². The molecule has 94 valence electrons. The fourth-order valence-electron chi connectivity index (χ4n) is 1.33. The Bertz CT molecular complexity index is 437. The van der Waals surface area contributed by atoms with Crippen molar-refractivity contribution in [1.29, 1.82) is 0 Å². The van der Waals surface area contributed by atoms with E-state index >= 15 is 0 Å². The first-order valence-corrected chi connectivity index (χ1v) is 4.57. The molecule has 0 aliphatic rings. The maximum absolute atomic E-state index is 13.3. The maximum atomic E-state index is 13.3. The molecular weight excluding hydrogens is 242 g/mol. The number of hydrogen-bond donors (Lipinski definition) is 2. The zero-order chi connectivity index (χ0) is 13.2. The molecule has 3 nitrogen and oxygen atoms in total. The van der Waals surface area contributed by atoms with Crippen molar-refractivity contribution in [2.75, 3.05) is 0 Å². The van der Waals surface area contributed by atoms with Crippen LogP contribution < -0.4 is 5.73 Å². The van der Waals surface area contributed by atoms with Gasteiger partial charge in [-0.3, -0.25) is 4.79 Å². The van der Waals surface area contributed by atoms with Crippen molar-refractivity contribution in [3.63, 3.8) is 0 Å². The highest BCUT2D eigenvalue weighted by Crippen LogP contribution is 2.27. The molecule has 0 spiro atoms. The van der Waals surface area contributed by atoms with Crippen molar-refractivity contribution in [3.05, 3.63) is 34.9 Å². The van der Waals surface area contributed by atoms with E-state index in [-0.39, 0.29) is 0 Å². The molecule has 0 saturated carbocycles. The number of halogens is 4. The molecule has 0 heterocycles. The van der Waals surface area contributed by atoms with Crippen LogP contribution in [0.4, 0.5) is 17.6 Å². The highest BCUT2D eigenvalue weighted by Gasteiger charge is 2.21. The van der Waals surface area contributed by atoms with Crippen LogP contribution in [0.15, 0.2) is 12.1 Å². The summed E-state index contributed by atoms with van der Waals surface area (Å²) in [5.74, 6) is -4.21. The summed E-state index contributed by atoms with van der Waals surface area (Å²) < 4.78 is 50.9. The second-order valence-corrected chi connectivity index (χ2v) is 3.41. The molecule has 0 fully saturated rings. The van der Waals surface area contributed by atoms with Crippen molar-refractivity contribution in [3.8, 4) is 0 Å². The van der Waals surface area contributed by atoms with E-state index in [1.807, 2.05) is 0 Å². The van der Waals surface area contributed by atoms with Crippen molar-refractivity contribution < 1.29 is 27.5 Å². The molecule has 17 heavy (non-hydrogen) atoms. The lowest BCUT2D eigenvalue weighted by Gasteiger charge is -2.13. The molecule has 0 bridgehead atoms. The number of nitrogens with two attached hydrogens (primary N) is 1. The number of rotatable bonds is 4. The molecule has 0 amide bonds. The fraction of sp³-hybridized carbons (Fsp3) is 0.300. The summed E-state index contributed by atoms with van der Waals surface area (Å²) in [5.41, 5.74) is 4.00. The summed E-state index contributed by atoms with van der Waals surface area (Å²) >= 11 is 0. The van der Waals surface area contributed by atoms with E-state index in [1.165, 1.54) is 0 Å². The van der Waals surface area contributed by atoms with Gasteiger partial charge in [0.05, 0.1) is 6.42 Å². The molecule has 0 saturated heterocycles. The smallest absolute Gasteiger partial charge is 0.305 e. The van der Waals surface area contributed by atoms with Crippen molar-refractivity contribution >= 4 is 5.97 Å². The molecule has 1 aromatic carbocycles. The third kappa shape index (κ3) is 3.16. The predicted octanol–water partition coefficient (Wildman–Crippen LogP) is 2.38. The van der Waals surface area contributed by atoms with Gasteiger partial charge in [-0.25, -0.2) is 17.6 Å². The lowest BCUT2D eigenvalue weighted by molar-refractivity contribution is -0.137. The van der Waals surface area contributed by atoms with E-state index < -0.39 is 47.6 Å². The van der Waals surface area contributed by atoms with Crippen LogP contribution in [0.5, 0.6) is 0 Å². The Labute approximate surface area is 93.8 Å². The van der Waals surface area contributed by atoms with Crippen molar-refractivity contribution in [2.24, 2.45) is 5.73 Å². The number of alkyl halides is 2. The predicted molar refractivity (Wildman–Crippen MR) is 50.5 cm³/mol. The summed E-state index contributed by atoms with van der Waals surface area (Å²) in [6, 6.07) is -0.339. The maximum Gasteiger partial charge on any atom is 0.305 e. The Balaban J connectivity index is 3.17. The van der Waals surface area contributed by atoms with Crippen LogP contribution in [-0.4, -0.2) is 11.1 Å². The Morgan fingerprint density at radius 3 is 2.41 bits per heavy atom. The van der Waals surface area contributed by atoms with Gasteiger partial charge in [-0.05, 0) is 12.1 Å². The van der Waals surface area contributed by atoms with Crippen LogP contribution in [0, 0.1) is 11.6 Å². The Morgan fingerprint density at radius 1 is 1.35 bits per heavy atom. The molecule has 1 atom stereocenters. The van der Waals surface area contributed by atoms with Gasteiger partial charge < -0.3 is 10.8 Å². The average molecular weight is 251 g/mol. The minimum atomic E-state index is -2.99. The summed E-state index contributed by atoms with van der Waals surface area (Å²) in [4.78, 5) is 10.4. The second-order valence-electron chi connectivity index (χ2n) is 3.41. The van der Waals surface area contributed by atoms with Gasteiger partial charge in [-0.2, -0.15) is 0 Å². The van der Waals surface area contributed by atoms with Crippen molar-refractivity contribution in [1.82, 2.24) is 0 Å². The zero-order valence-corrected chi connectivity index (χ0v) is 8.46. The van der Waals surface area contributed by atoms with E-state index in [0.29, 0.717) is 12.1 Å². The topological polar surface area (TPSA) is 63.3 Å². The minimum absolute atomic E-state index is 0.358. The van der Waals surface area contributed by atoms with Gasteiger partial charge in [-0.15, -0.1) is 0 Å². The molecule has 1 unspecified atom stereocenters. The number of benzene rings is 1. The lowest BCUT2D eigenvalue weighted by Crippen LogP contribution is -2.17. The molecule has 0 aliphatic carbocycles. The highest BCUT2D eigenvalue weighted by molar-refractivity contribution is 5.67. The SMILES string of the molecule is NC(CC(=O)O)c1cc(C(F)F)cc(F)c1F. The van der Waals surface area contributed by atoms with Gasteiger partial charge in [0.1, 0.15) is 0 Å². The second kappa shape index (κ2) is 5.13. The van der Waals surface area contributed by atoms with Gasteiger partial charge in [0.25, 0.3) is 6.43 Å². The molecule has 0 aliphatic heterocycles.